The second-order valence-electron chi connectivity index (χ2n) is 55.1. The number of carboxylic acids is 2. The second-order valence-corrected chi connectivity index (χ2v) is 55.6. The van der Waals surface area contributed by atoms with Crippen LogP contribution in [0.25, 0.3) is 0 Å². The molecule has 22 nitrogen and oxygen atoms in total. The van der Waals surface area contributed by atoms with Crippen LogP contribution in [0.4, 0.5) is 0 Å². The highest BCUT2D eigenvalue weighted by molar-refractivity contribution is 7.80. The summed E-state index contributed by atoms with van der Waals surface area (Å²) in [5.74, 6) is 8.70. The second kappa shape index (κ2) is 39.3. The van der Waals surface area contributed by atoms with Crippen molar-refractivity contribution in [3.8, 4) is 0 Å². The number of aliphatic imine (C=N–C) groups is 2. The van der Waals surface area contributed by atoms with E-state index in [0.717, 1.165) is 201 Å². The van der Waals surface area contributed by atoms with Gasteiger partial charge in [-0.05, 0) is 446 Å². The molecule has 13 N–H and O–H groups in total. The van der Waals surface area contributed by atoms with Crippen molar-refractivity contribution < 1.29 is 94.4 Å². The molecule has 41 atom stereocenters. The van der Waals surface area contributed by atoms with E-state index in [0.29, 0.717) is 171 Å². The van der Waals surface area contributed by atoms with E-state index >= 15 is 0 Å². The van der Waals surface area contributed by atoms with Crippen LogP contribution < -0.4 is 5.73 Å². The third-order valence-corrected chi connectivity index (χ3v) is 50.2. The molecule has 23 rings (SSSR count). The van der Waals surface area contributed by atoms with Crippen molar-refractivity contribution >= 4 is 65.1 Å². The topological polar surface area (TPSA) is 394 Å². The average molecular weight is 1990 g/mol. The fraction of sp³-hybridized carbons (Fsp3) is 0.891. The minimum absolute atomic E-state index is 0.0201. The number of fused-ring (bicyclic) bond motifs is 25. The summed E-state index contributed by atoms with van der Waals surface area (Å²) in [5, 5.41) is 119. The van der Waals surface area contributed by atoms with Crippen LogP contribution in [0.1, 0.15) is 397 Å². The fourth-order valence-corrected chi connectivity index (χ4v) is 42.5. The number of hydrogen-bond acceptors (Lipinski definition) is 20. The van der Waals surface area contributed by atoms with Gasteiger partial charge in [-0.1, -0.05) is 93.8 Å². The number of hydrogen-bond donors (Lipinski definition) is 12. The predicted molar refractivity (Wildman–Crippen MR) is 549 cm³/mol. The van der Waals surface area contributed by atoms with Crippen LogP contribution in [0, 0.1) is 184 Å². The van der Waals surface area contributed by atoms with Crippen LogP contribution in [-0.2, 0) is 38.2 Å². The Bertz CT molecular complexity index is 4750. The van der Waals surface area contributed by atoms with E-state index in [9.17, 15) is 79.8 Å². The van der Waals surface area contributed by atoms with Crippen molar-refractivity contribution in [2.45, 2.75) is 456 Å². The average Bonchev–Trinajstić information content (AvgIpc) is 1.41. The highest BCUT2D eigenvalue weighted by atomic mass is 32.1. The minimum Gasteiger partial charge on any atom is -0.481 e. The summed E-state index contributed by atoms with van der Waals surface area (Å²) in [6.07, 6.45) is 54.7. The zero-order valence-corrected chi connectivity index (χ0v) is 89.0. The van der Waals surface area contributed by atoms with Gasteiger partial charge in [-0.15, -0.1) is 0 Å². The first-order valence-electron chi connectivity index (χ1n) is 58.0. The number of Topliss-reactive ketones (excluding diaryl/α,β-unsaturated/α-hetero) is 2. The van der Waals surface area contributed by atoms with Gasteiger partial charge in [0.1, 0.15) is 24.8 Å². The van der Waals surface area contributed by atoms with Crippen LogP contribution in [0.15, 0.2) is 33.3 Å². The van der Waals surface area contributed by atoms with Crippen LogP contribution in [0.5, 0.6) is 0 Å². The van der Waals surface area contributed by atoms with Gasteiger partial charge in [0.2, 0.25) is 0 Å². The van der Waals surface area contributed by atoms with Gasteiger partial charge in [0.25, 0.3) is 0 Å². The van der Waals surface area contributed by atoms with Crippen molar-refractivity contribution in [2.24, 2.45) is 200 Å². The van der Waals surface area contributed by atoms with E-state index in [1.807, 2.05) is 13.1 Å². The summed E-state index contributed by atoms with van der Waals surface area (Å²) in [5.41, 5.74) is 3.44. The van der Waals surface area contributed by atoms with Gasteiger partial charge in [-0.2, -0.15) is 0 Å². The summed E-state index contributed by atoms with van der Waals surface area (Å²) < 4.78 is 10.5. The Morgan fingerprint density at radius 3 is 1.30 bits per heavy atom. The van der Waals surface area contributed by atoms with E-state index in [4.69, 9.17) is 37.5 Å². The SMILES string of the molecule is CC(=O)C1CCC2C3CC[C@H]4CC(O)CCC4(C)C3CCC12C.CC(CCC(=O)O)C1CCC2C3CCC4C[C@H](O)CC[C@]4(C)C3CC(=O)[C@]12C.CC12CC[C@H]3[C@@H](CCC4(O)C[C@H](O)CCC34C=NC3CCCCC3)C1(O)CCC2C1=CC(=O)OC1.CC12CC[C@H]3[C@@H](CCC4(O)C[C@H](O)CCC34C=NCC(N)=S)C1(O)CCC2C1=CC(=O)OC1.C[C@]12CC[C@@H](O)CC1CCC1C2CC[C@]2(C)C(C(=O)O)CCC12. The Labute approximate surface area is 853 Å². The maximum absolute atomic E-state index is 13.6. The number of carbonyl (C=O) groups is 6. The lowest BCUT2D eigenvalue weighted by Crippen LogP contribution is -2.68. The van der Waals surface area contributed by atoms with Crippen LogP contribution in [-0.4, -0.2) is 188 Å². The molecule has 0 aromatic rings. The first kappa shape index (κ1) is 106. The van der Waals surface area contributed by atoms with E-state index in [1.165, 1.54) is 96.3 Å². The molecule has 21 aliphatic carbocycles. The molecule has 0 aromatic heterocycles. The van der Waals surface area contributed by atoms with Crippen molar-refractivity contribution in [3.63, 3.8) is 0 Å². The third kappa shape index (κ3) is 17.4. The number of aliphatic carboxylic acids is 2. The Balaban J connectivity index is 0.000000114. The lowest BCUT2D eigenvalue weighted by molar-refractivity contribution is -0.237. The molecular formula is C119H183N3O19S. The van der Waals surface area contributed by atoms with Gasteiger partial charge in [0.05, 0.1) is 70.4 Å². The maximum atomic E-state index is 13.6. The normalized spacial score (nSPS) is 51.6. The molecule has 21 fully saturated rings. The number of thiocarbonyl (C=S) groups is 1. The number of carbonyl (C=O) groups excluding carboxylic acids is 4. The molecule has 23 heteroatoms. The molecule has 0 amide bonds. The third-order valence-electron chi connectivity index (χ3n) is 50.1. The summed E-state index contributed by atoms with van der Waals surface area (Å²) in [7, 11) is 0. The number of carboxylic acid groups (broad SMARTS) is 2. The summed E-state index contributed by atoms with van der Waals surface area (Å²) in [4.78, 5) is 82.1. The highest BCUT2D eigenvalue weighted by Gasteiger charge is 2.75. The summed E-state index contributed by atoms with van der Waals surface area (Å²) in [6, 6.07) is 0.342. The maximum Gasteiger partial charge on any atom is 0.331 e. The molecule has 28 unspecified atom stereocenters. The number of ether oxygens (including phenoxy) is 2. The Morgan fingerprint density at radius 1 is 0.444 bits per heavy atom. The van der Waals surface area contributed by atoms with Crippen LogP contribution >= 0.6 is 12.2 Å². The van der Waals surface area contributed by atoms with Crippen LogP contribution in [0.3, 0.4) is 0 Å². The monoisotopic (exact) mass is 1990 g/mol. The van der Waals surface area contributed by atoms with E-state index in [1.54, 1.807) is 12.2 Å². The van der Waals surface area contributed by atoms with Crippen molar-refractivity contribution in [3.05, 3.63) is 23.3 Å². The standard InChI is InChI=1S/C29H43NO5.C25H36N2O5S.C24H38O4.C21H34O2.C20H32O3/c1-26-11-8-23-24(29(26,34)14-10-22(26)19-15-25(32)35-17-19)9-13-28(33)16-21(31)7-12-27(23,28)18-30-20-5-3-2-4-6-20;1-22-6-3-18-19(25(22,31)9-5-17(22)15-10-21(29)32-13-15)4-8-24(30)11-16(28)2-7-23(18,24)14-27-12-20(26)33;1-14(4-9-22(27)28)18-7-8-19-17-6-5-15-12-16(25)10-11-23(15,2)20(17)13-21(26)24(18,19)3;1-13(22)17-6-7-18-16-5-4-14-12-15(23)8-10-20(14,2)19(16)9-11-21(17,18)3;1-19-9-7-13(21)11-12(19)3-4-14-15-5-6-17(18(22)23)20(15,2)10-8-16(14)19/h15,18,20-24,31,33-34H,2-14,16-17H2,1H3;10,14,16-19,28,30-31H,2-9,11-13H2,1H3,(H2,26,33);14-20,25H,4-13H2,1-3H3,(H,27,28);14-19,23H,4-12H2,1-3H3;12-17,21H,3-11H2,1-2H3,(H,22,23)/t21-,22?,23+,24-,26?,27?,28?,29?;16-,17?,18+,19-,22?,23?,24?,25?;14?,15?,16-,17?,18?,19?,20?,23+,24-;14-,15?,16?,17?,18?,19?,20?,21?;12?,13-,14?,15?,16?,17?,19+,20+/m11101/s1. The molecule has 794 valence electrons. The van der Waals surface area contributed by atoms with Gasteiger partial charge in [0.15, 0.2) is 0 Å². The highest BCUT2D eigenvalue weighted by Crippen LogP contribution is 2.77. The quantitative estimate of drug-likeness (QED) is 0.0463. The largest absolute Gasteiger partial charge is 0.481 e. The fourth-order valence-electron chi connectivity index (χ4n) is 42.5. The molecule has 142 heavy (non-hydrogen) atoms. The number of aliphatic hydroxyl groups excluding tert-OH is 5. The molecule has 0 saturated heterocycles. The first-order valence-corrected chi connectivity index (χ1v) is 58.4. The number of cyclic esters (lactones) is 2. The van der Waals surface area contributed by atoms with Gasteiger partial charge < -0.3 is 71.4 Å². The molecule has 0 aromatic carbocycles. The van der Waals surface area contributed by atoms with Crippen molar-refractivity contribution in [2.75, 3.05) is 19.8 Å². The predicted octanol–water partition coefficient (Wildman–Crippen LogP) is 19.5. The van der Waals surface area contributed by atoms with Gasteiger partial charge in [0, 0.05) is 89.3 Å². The van der Waals surface area contributed by atoms with Crippen LogP contribution in [0.2, 0.25) is 0 Å². The number of ketones is 2. The lowest BCUT2D eigenvalue weighted by Gasteiger charge is -2.65. The zero-order chi connectivity index (χ0) is 101. The molecule has 2 aliphatic heterocycles. The minimum atomic E-state index is -1.05. The smallest absolute Gasteiger partial charge is 0.331 e. The number of nitrogens with zero attached hydrogens (tertiary/aromatic N) is 2. The number of aliphatic hydroxyl groups is 9. The number of esters is 2. The Kier molecular flexibility index (Phi) is 29.4. The van der Waals surface area contributed by atoms with E-state index in [-0.39, 0.29) is 117 Å². The Hall–Kier alpha value is -4.43. The molecule has 2 heterocycles. The Morgan fingerprint density at radius 2 is 0.852 bits per heavy atom. The molecule has 0 radical (unpaired) electrons. The molecular weight excluding hydrogens is 1810 g/mol. The van der Waals surface area contributed by atoms with E-state index < -0.39 is 57.4 Å². The molecule has 0 bridgehead atoms. The molecule has 23 aliphatic rings. The first-order chi connectivity index (χ1) is 67.1. The molecule has 0 spiro atoms. The number of nitrogens with two attached hydrogens (primary N) is 1. The summed E-state index contributed by atoms with van der Waals surface area (Å²) in [6.45, 7) is 23.7. The van der Waals surface area contributed by atoms with E-state index in [2.05, 4.69) is 73.5 Å². The summed E-state index contributed by atoms with van der Waals surface area (Å²) >= 11 is 5.02. The van der Waals surface area contributed by atoms with Crippen molar-refractivity contribution in [1.29, 1.82) is 0 Å². The van der Waals surface area contributed by atoms with Gasteiger partial charge in [-0.3, -0.25) is 29.2 Å². The zero-order valence-electron chi connectivity index (χ0n) is 88.2. The number of rotatable bonds is 13. The van der Waals surface area contributed by atoms with Gasteiger partial charge in [-0.25, -0.2) is 9.59 Å². The lowest BCUT2D eigenvalue weighted by atomic mass is 9.41. The van der Waals surface area contributed by atoms with Gasteiger partial charge >= 0.3 is 23.9 Å². The molecule has 21 saturated carbocycles. The van der Waals surface area contributed by atoms with Crippen molar-refractivity contribution in [1.82, 2.24) is 0 Å².